The molecule has 2 rings (SSSR count). The lowest BCUT2D eigenvalue weighted by atomic mass is 10.1. The third-order valence-corrected chi connectivity index (χ3v) is 3.76. The molecule has 1 atom stereocenters. The predicted octanol–water partition coefficient (Wildman–Crippen LogP) is 4.75. The van der Waals surface area contributed by atoms with E-state index in [4.69, 9.17) is 9.47 Å². The lowest BCUT2D eigenvalue weighted by molar-refractivity contribution is 0.256. The summed E-state index contributed by atoms with van der Waals surface area (Å²) in [5.74, 6) is 2.04. The van der Waals surface area contributed by atoms with E-state index in [0.717, 1.165) is 42.9 Å². The normalized spacial score (nSPS) is 12.0. The summed E-state index contributed by atoms with van der Waals surface area (Å²) in [5.41, 5.74) is 1.86. The van der Waals surface area contributed by atoms with Crippen LogP contribution in [0.5, 0.6) is 11.6 Å². The van der Waals surface area contributed by atoms with Crippen LogP contribution in [0.15, 0.2) is 36.7 Å². The molecule has 0 aliphatic rings. The van der Waals surface area contributed by atoms with Crippen molar-refractivity contribution in [2.75, 3.05) is 13.2 Å². The van der Waals surface area contributed by atoms with Crippen LogP contribution in [0.1, 0.15) is 40.0 Å². The van der Waals surface area contributed by atoms with Crippen LogP contribution >= 0.6 is 0 Å². The van der Waals surface area contributed by atoms with Crippen molar-refractivity contribution in [3.8, 4) is 22.9 Å². The monoisotopic (exact) mass is 314 g/mol. The Kier molecular flexibility index (Phi) is 6.85. The van der Waals surface area contributed by atoms with Crippen LogP contribution < -0.4 is 9.47 Å². The number of rotatable bonds is 9. The number of hydrogen-bond donors (Lipinski definition) is 0. The highest BCUT2D eigenvalue weighted by Gasteiger charge is 2.04. The Bertz CT molecular complexity index is 567. The topological polar surface area (TPSA) is 44.2 Å². The number of ether oxygens (including phenoxy) is 2. The number of aromatic nitrogens is 2. The van der Waals surface area contributed by atoms with Crippen molar-refractivity contribution in [3.05, 3.63) is 36.7 Å². The molecule has 0 saturated carbocycles. The standard InChI is InChI=1S/C19H26N2O2/c1-4-6-11-22-19-13-20-18(12-21-19)16-7-9-17(10-8-16)23-14-15(3)5-2/h7-10,12-13,15H,4-6,11,14H2,1-3H3. The van der Waals surface area contributed by atoms with Gasteiger partial charge >= 0.3 is 0 Å². The smallest absolute Gasteiger partial charge is 0.232 e. The number of benzene rings is 1. The zero-order chi connectivity index (χ0) is 16.5. The van der Waals surface area contributed by atoms with Crippen LogP contribution in [0.25, 0.3) is 11.3 Å². The highest BCUT2D eigenvalue weighted by Crippen LogP contribution is 2.21. The van der Waals surface area contributed by atoms with Crippen molar-refractivity contribution >= 4 is 0 Å². The lowest BCUT2D eigenvalue weighted by Crippen LogP contribution is -2.07. The first-order valence-corrected chi connectivity index (χ1v) is 8.41. The fraction of sp³-hybridized carbons (Fsp3) is 0.474. The van der Waals surface area contributed by atoms with Crippen LogP contribution in [0, 0.1) is 5.92 Å². The molecular weight excluding hydrogens is 288 g/mol. The van der Waals surface area contributed by atoms with E-state index in [2.05, 4.69) is 30.7 Å². The molecule has 1 aromatic carbocycles. The van der Waals surface area contributed by atoms with Crippen molar-refractivity contribution in [3.63, 3.8) is 0 Å². The summed E-state index contributed by atoms with van der Waals surface area (Å²) in [5, 5.41) is 0. The Morgan fingerprint density at radius 1 is 1.00 bits per heavy atom. The van der Waals surface area contributed by atoms with Crippen molar-refractivity contribution in [1.82, 2.24) is 9.97 Å². The average molecular weight is 314 g/mol. The van der Waals surface area contributed by atoms with Crippen LogP contribution in [0.2, 0.25) is 0 Å². The Labute approximate surface area is 138 Å². The summed E-state index contributed by atoms with van der Waals surface area (Å²) in [4.78, 5) is 8.72. The van der Waals surface area contributed by atoms with E-state index in [1.807, 2.05) is 24.3 Å². The number of hydrogen-bond acceptors (Lipinski definition) is 4. The van der Waals surface area contributed by atoms with Gasteiger partial charge in [-0.3, -0.25) is 0 Å². The van der Waals surface area contributed by atoms with Crippen molar-refractivity contribution in [2.24, 2.45) is 5.92 Å². The van der Waals surface area contributed by atoms with Gasteiger partial charge in [-0.25, -0.2) is 9.97 Å². The van der Waals surface area contributed by atoms with E-state index in [1.165, 1.54) is 0 Å². The first-order chi connectivity index (χ1) is 11.2. The van der Waals surface area contributed by atoms with Gasteiger partial charge in [0, 0.05) is 5.56 Å². The van der Waals surface area contributed by atoms with Crippen LogP contribution in [0.4, 0.5) is 0 Å². The molecule has 0 radical (unpaired) electrons. The van der Waals surface area contributed by atoms with Gasteiger partial charge in [0.15, 0.2) is 0 Å². The summed E-state index contributed by atoms with van der Waals surface area (Å²) >= 11 is 0. The first kappa shape index (κ1) is 17.3. The highest BCUT2D eigenvalue weighted by atomic mass is 16.5. The SMILES string of the molecule is CCCCOc1cnc(-c2ccc(OCC(C)CC)cc2)cn1. The summed E-state index contributed by atoms with van der Waals surface area (Å²) in [6.45, 7) is 7.93. The third kappa shape index (κ3) is 5.55. The molecule has 1 unspecified atom stereocenters. The Hall–Kier alpha value is -2.10. The van der Waals surface area contributed by atoms with E-state index in [-0.39, 0.29) is 0 Å². The van der Waals surface area contributed by atoms with Crippen LogP contribution in [-0.4, -0.2) is 23.2 Å². The fourth-order valence-electron chi connectivity index (χ4n) is 1.94. The summed E-state index contributed by atoms with van der Waals surface area (Å²) < 4.78 is 11.3. The maximum Gasteiger partial charge on any atom is 0.232 e. The first-order valence-electron chi connectivity index (χ1n) is 8.41. The minimum absolute atomic E-state index is 0.570. The average Bonchev–Trinajstić information content (AvgIpc) is 2.61. The van der Waals surface area contributed by atoms with Gasteiger partial charge < -0.3 is 9.47 Å². The molecule has 0 fully saturated rings. The largest absolute Gasteiger partial charge is 0.493 e. The maximum atomic E-state index is 5.77. The molecular formula is C19H26N2O2. The van der Waals surface area contributed by atoms with Gasteiger partial charge in [0.2, 0.25) is 5.88 Å². The van der Waals surface area contributed by atoms with Gasteiger partial charge in [-0.2, -0.15) is 0 Å². The molecule has 4 heteroatoms. The summed E-state index contributed by atoms with van der Waals surface area (Å²) in [6.07, 6.45) is 6.69. The molecule has 0 saturated heterocycles. The molecule has 0 aliphatic heterocycles. The number of nitrogens with zero attached hydrogens (tertiary/aromatic N) is 2. The molecule has 0 aliphatic carbocycles. The molecule has 1 heterocycles. The molecule has 0 spiro atoms. The van der Waals surface area contributed by atoms with Gasteiger partial charge in [-0.1, -0.05) is 33.6 Å². The van der Waals surface area contributed by atoms with E-state index in [9.17, 15) is 0 Å². The van der Waals surface area contributed by atoms with Crippen molar-refractivity contribution in [1.29, 1.82) is 0 Å². The lowest BCUT2D eigenvalue weighted by Gasteiger charge is -2.11. The quantitative estimate of drug-likeness (QED) is 0.627. The van der Waals surface area contributed by atoms with Crippen LogP contribution in [-0.2, 0) is 0 Å². The van der Waals surface area contributed by atoms with Crippen LogP contribution in [0.3, 0.4) is 0 Å². The van der Waals surface area contributed by atoms with Gasteiger partial charge in [0.05, 0.1) is 31.3 Å². The molecule has 0 bridgehead atoms. The molecule has 124 valence electrons. The molecule has 1 aromatic heterocycles. The second-order valence-corrected chi connectivity index (χ2v) is 5.79. The number of unbranched alkanes of at least 4 members (excludes halogenated alkanes) is 1. The Balaban J connectivity index is 1.93. The van der Waals surface area contributed by atoms with Crippen molar-refractivity contribution < 1.29 is 9.47 Å². The zero-order valence-electron chi connectivity index (χ0n) is 14.3. The van der Waals surface area contributed by atoms with Gasteiger partial charge in [-0.15, -0.1) is 0 Å². The molecule has 0 amide bonds. The second-order valence-electron chi connectivity index (χ2n) is 5.79. The maximum absolute atomic E-state index is 5.77. The fourth-order valence-corrected chi connectivity index (χ4v) is 1.94. The molecule has 23 heavy (non-hydrogen) atoms. The van der Waals surface area contributed by atoms with E-state index < -0.39 is 0 Å². The minimum Gasteiger partial charge on any atom is -0.493 e. The Morgan fingerprint density at radius 2 is 1.78 bits per heavy atom. The van der Waals surface area contributed by atoms with Gasteiger partial charge in [-0.05, 0) is 36.6 Å². The molecule has 2 aromatic rings. The second kappa shape index (κ2) is 9.13. The molecule has 0 N–H and O–H groups in total. The zero-order valence-corrected chi connectivity index (χ0v) is 14.3. The predicted molar refractivity (Wildman–Crippen MR) is 92.8 cm³/mol. The van der Waals surface area contributed by atoms with E-state index in [1.54, 1.807) is 12.4 Å². The van der Waals surface area contributed by atoms with Gasteiger partial charge in [0.25, 0.3) is 0 Å². The third-order valence-electron chi connectivity index (χ3n) is 3.76. The Morgan fingerprint density at radius 3 is 2.39 bits per heavy atom. The van der Waals surface area contributed by atoms with Crippen molar-refractivity contribution in [2.45, 2.75) is 40.0 Å². The molecule has 4 nitrogen and oxygen atoms in total. The van der Waals surface area contributed by atoms with Gasteiger partial charge in [0.1, 0.15) is 5.75 Å². The van der Waals surface area contributed by atoms with E-state index in [0.29, 0.717) is 18.4 Å². The summed E-state index contributed by atoms with van der Waals surface area (Å²) in [6, 6.07) is 7.97. The highest BCUT2D eigenvalue weighted by molar-refractivity contribution is 5.59. The summed E-state index contributed by atoms with van der Waals surface area (Å²) in [7, 11) is 0. The van der Waals surface area contributed by atoms with E-state index >= 15 is 0 Å². The minimum atomic E-state index is 0.570.